The Labute approximate surface area is 157 Å². The highest BCUT2D eigenvalue weighted by molar-refractivity contribution is 6.31. The number of urea groups is 1. The molecule has 1 aliphatic heterocycles. The standard InChI is InChI=1S/C18H22ClN5O2/c19-15-4-3-14(2-1-7-24-8-10-26-11-9-24)16(12-15)22-18(25)23-17-13-20-5-6-21-17/h3-6,12-13H,1-2,7-11H2,(H2,21,22,23,25). The van der Waals surface area contributed by atoms with Gasteiger partial charge in [-0.25, -0.2) is 9.78 Å². The van der Waals surface area contributed by atoms with Gasteiger partial charge in [0.25, 0.3) is 0 Å². The summed E-state index contributed by atoms with van der Waals surface area (Å²) in [6.45, 7) is 4.57. The summed E-state index contributed by atoms with van der Waals surface area (Å²) in [4.78, 5) is 22.6. The van der Waals surface area contributed by atoms with Crippen molar-refractivity contribution in [3.63, 3.8) is 0 Å². The van der Waals surface area contributed by atoms with Crippen LogP contribution < -0.4 is 10.6 Å². The SMILES string of the molecule is O=C(Nc1cnccn1)Nc1cc(Cl)ccc1CCCN1CCOCC1. The van der Waals surface area contributed by atoms with Crippen LogP contribution in [0.15, 0.2) is 36.8 Å². The summed E-state index contributed by atoms with van der Waals surface area (Å²) in [5.74, 6) is 0.390. The Hall–Kier alpha value is -2.22. The van der Waals surface area contributed by atoms with Crippen molar-refractivity contribution in [1.29, 1.82) is 0 Å². The maximum atomic E-state index is 12.2. The first-order valence-corrected chi connectivity index (χ1v) is 9.01. The van der Waals surface area contributed by atoms with Gasteiger partial charge in [-0.3, -0.25) is 15.2 Å². The van der Waals surface area contributed by atoms with Crippen molar-refractivity contribution in [2.24, 2.45) is 0 Å². The van der Waals surface area contributed by atoms with E-state index in [2.05, 4.69) is 25.5 Å². The fourth-order valence-electron chi connectivity index (χ4n) is 2.83. The van der Waals surface area contributed by atoms with Crippen molar-refractivity contribution in [3.05, 3.63) is 47.4 Å². The molecule has 1 aromatic carbocycles. The zero-order valence-electron chi connectivity index (χ0n) is 14.4. The molecule has 2 amide bonds. The predicted molar refractivity (Wildman–Crippen MR) is 102 cm³/mol. The molecular weight excluding hydrogens is 354 g/mol. The van der Waals surface area contributed by atoms with E-state index in [0.29, 0.717) is 16.5 Å². The van der Waals surface area contributed by atoms with Crippen LogP contribution in [0.2, 0.25) is 5.02 Å². The number of nitrogens with one attached hydrogen (secondary N) is 2. The fourth-order valence-corrected chi connectivity index (χ4v) is 3.01. The molecule has 2 heterocycles. The van der Waals surface area contributed by atoms with Crippen LogP contribution in [0.4, 0.5) is 16.3 Å². The van der Waals surface area contributed by atoms with Gasteiger partial charge in [-0.2, -0.15) is 0 Å². The molecule has 2 aromatic rings. The van der Waals surface area contributed by atoms with E-state index in [-0.39, 0.29) is 6.03 Å². The molecule has 0 atom stereocenters. The third-order valence-corrected chi connectivity index (χ3v) is 4.38. The van der Waals surface area contributed by atoms with Crippen LogP contribution in [0.1, 0.15) is 12.0 Å². The first-order chi connectivity index (χ1) is 12.7. The number of aromatic nitrogens is 2. The van der Waals surface area contributed by atoms with Gasteiger partial charge in [-0.15, -0.1) is 0 Å². The molecule has 0 saturated carbocycles. The molecule has 0 spiro atoms. The molecule has 1 saturated heterocycles. The minimum atomic E-state index is -0.373. The van der Waals surface area contributed by atoms with E-state index in [4.69, 9.17) is 16.3 Å². The van der Waals surface area contributed by atoms with Crippen molar-refractivity contribution in [2.75, 3.05) is 43.5 Å². The third-order valence-electron chi connectivity index (χ3n) is 4.15. The summed E-state index contributed by atoms with van der Waals surface area (Å²) >= 11 is 6.10. The lowest BCUT2D eigenvalue weighted by molar-refractivity contribution is 0.0375. The van der Waals surface area contributed by atoms with E-state index in [0.717, 1.165) is 51.3 Å². The number of rotatable bonds is 6. The number of carbonyl (C=O) groups excluding carboxylic acids is 1. The maximum absolute atomic E-state index is 12.2. The normalized spacial score (nSPS) is 14.8. The molecule has 1 aromatic heterocycles. The molecular formula is C18H22ClN5O2. The quantitative estimate of drug-likeness (QED) is 0.811. The molecule has 1 aliphatic rings. The smallest absolute Gasteiger partial charge is 0.324 e. The van der Waals surface area contributed by atoms with E-state index < -0.39 is 0 Å². The van der Waals surface area contributed by atoms with Gasteiger partial charge in [-0.1, -0.05) is 17.7 Å². The second-order valence-corrected chi connectivity index (χ2v) is 6.47. The number of anilines is 2. The summed E-state index contributed by atoms with van der Waals surface area (Å²) in [6.07, 6.45) is 6.41. The van der Waals surface area contributed by atoms with Gasteiger partial charge in [0.2, 0.25) is 0 Å². The minimum Gasteiger partial charge on any atom is -0.379 e. The molecule has 7 nitrogen and oxygen atoms in total. The van der Waals surface area contributed by atoms with E-state index in [9.17, 15) is 4.79 Å². The number of carbonyl (C=O) groups is 1. The summed E-state index contributed by atoms with van der Waals surface area (Å²) in [6, 6.07) is 5.20. The lowest BCUT2D eigenvalue weighted by Gasteiger charge is -2.26. The molecule has 0 radical (unpaired) electrons. The van der Waals surface area contributed by atoms with Crippen molar-refractivity contribution >= 4 is 29.1 Å². The van der Waals surface area contributed by atoms with E-state index in [1.165, 1.54) is 12.4 Å². The summed E-state index contributed by atoms with van der Waals surface area (Å²) in [5, 5.41) is 6.09. The van der Waals surface area contributed by atoms with E-state index in [1.807, 2.05) is 12.1 Å². The van der Waals surface area contributed by atoms with Crippen LogP contribution in [0.5, 0.6) is 0 Å². The highest BCUT2D eigenvalue weighted by Gasteiger charge is 2.12. The zero-order chi connectivity index (χ0) is 18.2. The number of ether oxygens (including phenoxy) is 1. The van der Waals surface area contributed by atoms with Crippen molar-refractivity contribution in [1.82, 2.24) is 14.9 Å². The largest absolute Gasteiger partial charge is 0.379 e. The van der Waals surface area contributed by atoms with E-state index in [1.54, 1.807) is 12.3 Å². The highest BCUT2D eigenvalue weighted by atomic mass is 35.5. The Balaban J connectivity index is 1.57. The van der Waals surface area contributed by atoms with Crippen molar-refractivity contribution in [2.45, 2.75) is 12.8 Å². The zero-order valence-corrected chi connectivity index (χ0v) is 15.2. The van der Waals surface area contributed by atoms with Crippen LogP contribution in [0.3, 0.4) is 0 Å². The molecule has 2 N–H and O–H groups in total. The van der Waals surface area contributed by atoms with Gasteiger partial charge in [0.15, 0.2) is 5.82 Å². The number of nitrogens with zero attached hydrogens (tertiary/aromatic N) is 3. The number of hydrogen-bond donors (Lipinski definition) is 2. The molecule has 1 fully saturated rings. The second-order valence-electron chi connectivity index (χ2n) is 6.03. The number of benzene rings is 1. The summed E-state index contributed by atoms with van der Waals surface area (Å²) in [5.41, 5.74) is 1.76. The van der Waals surface area contributed by atoms with Gasteiger partial charge < -0.3 is 10.1 Å². The van der Waals surface area contributed by atoms with Crippen LogP contribution in [0.25, 0.3) is 0 Å². The maximum Gasteiger partial charge on any atom is 0.324 e. The van der Waals surface area contributed by atoms with Crippen LogP contribution in [-0.4, -0.2) is 53.7 Å². The fraction of sp³-hybridized carbons (Fsp3) is 0.389. The number of hydrogen-bond acceptors (Lipinski definition) is 5. The molecule has 3 rings (SSSR count). The third kappa shape index (κ3) is 5.66. The van der Waals surface area contributed by atoms with Gasteiger partial charge >= 0.3 is 6.03 Å². The molecule has 0 unspecified atom stereocenters. The number of amides is 2. The summed E-state index contributed by atoms with van der Waals surface area (Å²) < 4.78 is 5.37. The van der Waals surface area contributed by atoms with Gasteiger partial charge in [0.05, 0.1) is 19.4 Å². The van der Waals surface area contributed by atoms with Gasteiger partial charge in [0, 0.05) is 36.2 Å². The van der Waals surface area contributed by atoms with Crippen LogP contribution in [0, 0.1) is 0 Å². The van der Waals surface area contributed by atoms with Gasteiger partial charge in [0.1, 0.15) is 0 Å². The Bertz CT molecular complexity index is 723. The summed E-state index contributed by atoms with van der Waals surface area (Å²) in [7, 11) is 0. The Morgan fingerprint density at radius 1 is 1.23 bits per heavy atom. The lowest BCUT2D eigenvalue weighted by atomic mass is 10.1. The van der Waals surface area contributed by atoms with Crippen molar-refractivity contribution in [3.8, 4) is 0 Å². The van der Waals surface area contributed by atoms with Gasteiger partial charge in [-0.05, 0) is 37.1 Å². The monoisotopic (exact) mass is 375 g/mol. The Morgan fingerprint density at radius 2 is 2.08 bits per heavy atom. The van der Waals surface area contributed by atoms with Crippen LogP contribution in [-0.2, 0) is 11.2 Å². The Kier molecular flexibility index (Phi) is 6.76. The van der Waals surface area contributed by atoms with Crippen LogP contribution >= 0.6 is 11.6 Å². The average Bonchev–Trinajstić information content (AvgIpc) is 2.65. The molecule has 0 aliphatic carbocycles. The predicted octanol–water partition coefficient (Wildman–Crippen LogP) is 3.04. The molecule has 8 heteroatoms. The molecule has 26 heavy (non-hydrogen) atoms. The van der Waals surface area contributed by atoms with Crippen molar-refractivity contribution < 1.29 is 9.53 Å². The minimum absolute atomic E-state index is 0.373. The second kappa shape index (κ2) is 9.47. The topological polar surface area (TPSA) is 79.4 Å². The van der Waals surface area contributed by atoms with E-state index >= 15 is 0 Å². The highest BCUT2D eigenvalue weighted by Crippen LogP contribution is 2.23. The lowest BCUT2D eigenvalue weighted by Crippen LogP contribution is -2.37. The number of aryl methyl sites for hydroxylation is 1. The average molecular weight is 376 g/mol. The first kappa shape index (κ1) is 18.6. The number of morpholine rings is 1. The molecule has 138 valence electrons. The first-order valence-electron chi connectivity index (χ1n) is 8.63. The number of halogens is 1. The Morgan fingerprint density at radius 3 is 2.85 bits per heavy atom. The molecule has 0 bridgehead atoms.